The van der Waals surface area contributed by atoms with Crippen LogP contribution in [0.2, 0.25) is 0 Å². The summed E-state index contributed by atoms with van der Waals surface area (Å²) < 4.78 is 10.3. The Bertz CT molecular complexity index is 778. The fourth-order valence-corrected chi connectivity index (χ4v) is 2.06. The first-order chi connectivity index (χ1) is 12.6. The molecule has 0 radical (unpaired) electrons. The number of nitrogens with zero attached hydrogens (tertiary/aromatic N) is 2. The number of pyridine rings is 1. The van der Waals surface area contributed by atoms with E-state index < -0.39 is 11.8 Å². The molecule has 0 saturated heterocycles. The molecule has 0 fully saturated rings. The van der Waals surface area contributed by atoms with Gasteiger partial charge in [0.15, 0.2) is 11.5 Å². The summed E-state index contributed by atoms with van der Waals surface area (Å²) in [5, 5.41) is 6.48. The van der Waals surface area contributed by atoms with Crippen molar-refractivity contribution in [3.05, 3.63) is 53.9 Å². The van der Waals surface area contributed by atoms with Crippen LogP contribution in [0.3, 0.4) is 0 Å². The molecule has 26 heavy (non-hydrogen) atoms. The Morgan fingerprint density at radius 2 is 1.96 bits per heavy atom. The maximum absolute atomic E-state index is 11.7. The van der Waals surface area contributed by atoms with Gasteiger partial charge in [0, 0.05) is 18.9 Å². The van der Waals surface area contributed by atoms with Gasteiger partial charge in [0.05, 0.1) is 20.4 Å². The molecule has 1 heterocycles. The van der Waals surface area contributed by atoms with Gasteiger partial charge in [-0.05, 0) is 35.4 Å². The lowest BCUT2D eigenvalue weighted by atomic mass is 10.2. The van der Waals surface area contributed by atoms with Gasteiger partial charge in [-0.1, -0.05) is 6.07 Å². The van der Waals surface area contributed by atoms with Crippen molar-refractivity contribution >= 4 is 18.0 Å². The van der Waals surface area contributed by atoms with E-state index in [1.54, 1.807) is 43.8 Å². The predicted molar refractivity (Wildman–Crippen MR) is 96.0 cm³/mol. The standard InChI is InChI=1S/C18H20N4O4/c1-25-15-6-5-13(8-16(15)26-2)12-21-22-18(24)9-17(23)20-11-14-4-3-7-19-10-14/h3-8,10,12H,9,11H2,1-2H3,(H,20,23)(H,22,24)/b21-12-. The number of rotatable bonds is 8. The van der Waals surface area contributed by atoms with Crippen molar-refractivity contribution in [3.63, 3.8) is 0 Å². The average molecular weight is 356 g/mol. The van der Waals surface area contributed by atoms with E-state index in [1.165, 1.54) is 13.3 Å². The number of hydrogen-bond donors (Lipinski definition) is 2. The zero-order valence-electron chi connectivity index (χ0n) is 14.6. The molecule has 2 N–H and O–H groups in total. The van der Waals surface area contributed by atoms with Crippen LogP contribution in [0.15, 0.2) is 47.8 Å². The van der Waals surface area contributed by atoms with Crippen molar-refractivity contribution in [2.45, 2.75) is 13.0 Å². The SMILES string of the molecule is COc1ccc(/C=N\NC(=O)CC(=O)NCc2cccnc2)cc1OC. The molecule has 136 valence electrons. The zero-order chi connectivity index (χ0) is 18.8. The molecule has 8 nitrogen and oxygen atoms in total. The topological polar surface area (TPSA) is 102 Å². The number of amides is 2. The van der Waals surface area contributed by atoms with Gasteiger partial charge in [0.2, 0.25) is 11.8 Å². The van der Waals surface area contributed by atoms with E-state index in [-0.39, 0.29) is 6.42 Å². The van der Waals surface area contributed by atoms with E-state index in [1.807, 2.05) is 6.07 Å². The Kier molecular flexibility index (Phi) is 7.11. The Labute approximate surface area is 151 Å². The van der Waals surface area contributed by atoms with Crippen LogP contribution in [0.5, 0.6) is 11.5 Å². The summed E-state index contributed by atoms with van der Waals surface area (Å²) in [5.41, 5.74) is 3.88. The second kappa shape index (κ2) is 9.77. The van der Waals surface area contributed by atoms with Gasteiger partial charge >= 0.3 is 0 Å². The molecule has 8 heteroatoms. The normalized spacial score (nSPS) is 10.4. The number of methoxy groups -OCH3 is 2. The minimum Gasteiger partial charge on any atom is -0.493 e. The Morgan fingerprint density at radius 1 is 1.15 bits per heavy atom. The molecule has 1 aromatic heterocycles. The lowest BCUT2D eigenvalue weighted by Gasteiger charge is -2.07. The minimum absolute atomic E-state index is 0.314. The molecular formula is C18H20N4O4. The van der Waals surface area contributed by atoms with Crippen LogP contribution in [0.4, 0.5) is 0 Å². The summed E-state index contributed by atoms with van der Waals surface area (Å²) >= 11 is 0. The van der Waals surface area contributed by atoms with Gasteiger partial charge in [-0.2, -0.15) is 5.10 Å². The summed E-state index contributed by atoms with van der Waals surface area (Å²) in [5.74, 6) is 0.245. The maximum Gasteiger partial charge on any atom is 0.249 e. The van der Waals surface area contributed by atoms with Gasteiger partial charge in [-0.25, -0.2) is 5.43 Å². The lowest BCUT2D eigenvalue weighted by Crippen LogP contribution is -2.29. The second-order valence-corrected chi connectivity index (χ2v) is 5.22. The molecular weight excluding hydrogens is 336 g/mol. The van der Waals surface area contributed by atoms with Crippen LogP contribution in [0.25, 0.3) is 0 Å². The van der Waals surface area contributed by atoms with Gasteiger partial charge in [-0.3, -0.25) is 14.6 Å². The van der Waals surface area contributed by atoms with Crippen molar-refractivity contribution in [1.82, 2.24) is 15.7 Å². The number of carbonyl (C=O) groups is 2. The molecule has 0 aliphatic carbocycles. The van der Waals surface area contributed by atoms with Crippen LogP contribution in [0, 0.1) is 0 Å². The zero-order valence-corrected chi connectivity index (χ0v) is 14.6. The van der Waals surface area contributed by atoms with Gasteiger partial charge in [-0.15, -0.1) is 0 Å². The number of nitrogens with one attached hydrogen (secondary N) is 2. The highest BCUT2D eigenvalue weighted by molar-refractivity contribution is 5.97. The molecule has 0 aliphatic rings. The largest absolute Gasteiger partial charge is 0.493 e. The first-order valence-electron chi connectivity index (χ1n) is 7.82. The summed E-state index contributed by atoms with van der Waals surface area (Å²) in [7, 11) is 3.08. The molecule has 0 spiro atoms. The molecule has 0 saturated carbocycles. The lowest BCUT2D eigenvalue weighted by molar-refractivity contribution is -0.129. The van der Waals surface area contributed by atoms with Gasteiger partial charge in [0.25, 0.3) is 0 Å². The van der Waals surface area contributed by atoms with Crippen LogP contribution in [-0.4, -0.2) is 37.2 Å². The summed E-state index contributed by atoms with van der Waals surface area (Å²) in [6.07, 6.45) is 4.43. The highest BCUT2D eigenvalue weighted by atomic mass is 16.5. The monoisotopic (exact) mass is 356 g/mol. The highest BCUT2D eigenvalue weighted by Gasteiger charge is 2.08. The molecule has 0 atom stereocenters. The molecule has 2 aromatic rings. The summed E-state index contributed by atoms with van der Waals surface area (Å²) in [4.78, 5) is 27.4. The van der Waals surface area contributed by atoms with E-state index >= 15 is 0 Å². The number of hydrazone groups is 1. The number of hydrogen-bond acceptors (Lipinski definition) is 6. The predicted octanol–water partition coefficient (Wildman–Crippen LogP) is 1.26. The Balaban J connectivity index is 1.79. The van der Waals surface area contributed by atoms with Crippen molar-refractivity contribution in [3.8, 4) is 11.5 Å². The molecule has 0 aliphatic heterocycles. The molecule has 2 rings (SSSR count). The molecule has 2 amide bonds. The first-order valence-corrected chi connectivity index (χ1v) is 7.82. The number of aromatic nitrogens is 1. The quantitative estimate of drug-likeness (QED) is 0.421. The van der Waals surface area contributed by atoms with E-state index in [4.69, 9.17) is 9.47 Å². The Hall–Kier alpha value is -3.42. The highest BCUT2D eigenvalue weighted by Crippen LogP contribution is 2.26. The van der Waals surface area contributed by atoms with E-state index in [0.29, 0.717) is 23.6 Å². The van der Waals surface area contributed by atoms with Crippen LogP contribution in [0.1, 0.15) is 17.5 Å². The number of benzene rings is 1. The van der Waals surface area contributed by atoms with Gasteiger partial charge in [0.1, 0.15) is 6.42 Å². The minimum atomic E-state index is -0.509. The smallest absolute Gasteiger partial charge is 0.249 e. The third-order valence-corrected chi connectivity index (χ3v) is 3.34. The van der Waals surface area contributed by atoms with Crippen LogP contribution >= 0.6 is 0 Å². The van der Waals surface area contributed by atoms with Crippen molar-refractivity contribution in [2.24, 2.45) is 5.10 Å². The van der Waals surface area contributed by atoms with Crippen LogP contribution < -0.4 is 20.2 Å². The average Bonchev–Trinajstić information content (AvgIpc) is 2.67. The van der Waals surface area contributed by atoms with Crippen LogP contribution in [-0.2, 0) is 16.1 Å². The first kappa shape index (κ1) is 18.9. The number of ether oxygens (including phenoxy) is 2. The van der Waals surface area contributed by atoms with Crippen molar-refractivity contribution in [1.29, 1.82) is 0 Å². The summed E-state index contributed by atoms with van der Waals surface area (Å²) in [6, 6.07) is 8.82. The fraction of sp³-hybridized carbons (Fsp3) is 0.222. The second-order valence-electron chi connectivity index (χ2n) is 5.22. The molecule has 1 aromatic carbocycles. The van der Waals surface area contributed by atoms with E-state index in [9.17, 15) is 9.59 Å². The third kappa shape index (κ3) is 5.90. The van der Waals surface area contributed by atoms with Crippen molar-refractivity contribution in [2.75, 3.05) is 14.2 Å². The van der Waals surface area contributed by atoms with Crippen molar-refractivity contribution < 1.29 is 19.1 Å². The third-order valence-electron chi connectivity index (χ3n) is 3.34. The number of carbonyl (C=O) groups excluding carboxylic acids is 2. The van der Waals surface area contributed by atoms with Gasteiger partial charge < -0.3 is 14.8 Å². The molecule has 0 bridgehead atoms. The van der Waals surface area contributed by atoms with E-state index in [2.05, 4.69) is 20.8 Å². The fourth-order valence-electron chi connectivity index (χ4n) is 2.06. The summed E-state index contributed by atoms with van der Waals surface area (Å²) in [6.45, 7) is 0.314. The Morgan fingerprint density at radius 3 is 2.65 bits per heavy atom. The maximum atomic E-state index is 11.7. The van der Waals surface area contributed by atoms with E-state index in [0.717, 1.165) is 5.56 Å². The molecule has 0 unspecified atom stereocenters.